The molecule has 3 nitrogen and oxygen atoms in total. The number of anilines is 1. The lowest BCUT2D eigenvalue weighted by Gasteiger charge is -2.22. The molecule has 92 valence electrons. The Morgan fingerprint density at radius 1 is 1.41 bits per heavy atom. The van der Waals surface area contributed by atoms with E-state index >= 15 is 0 Å². The fraction of sp³-hybridized carbons (Fsp3) is 0.500. The van der Waals surface area contributed by atoms with Crippen LogP contribution in [0.3, 0.4) is 0 Å². The number of rotatable bonds is 3. The van der Waals surface area contributed by atoms with Crippen LogP contribution >= 0.6 is 0 Å². The average Bonchev–Trinajstić information content (AvgIpc) is 2.79. The van der Waals surface area contributed by atoms with Gasteiger partial charge in [-0.15, -0.1) is 0 Å². The van der Waals surface area contributed by atoms with Crippen molar-refractivity contribution in [1.29, 1.82) is 0 Å². The predicted molar refractivity (Wildman–Crippen MR) is 73.8 cm³/mol. The van der Waals surface area contributed by atoms with Crippen molar-refractivity contribution in [3.63, 3.8) is 0 Å². The molecule has 0 saturated carbocycles. The van der Waals surface area contributed by atoms with Crippen LogP contribution in [0.2, 0.25) is 0 Å². The SMILES string of the molecule is CCCCNC(=NC)N1CCc2ccccc21. The van der Waals surface area contributed by atoms with Gasteiger partial charge in [-0.25, -0.2) is 0 Å². The first-order chi connectivity index (χ1) is 8.36. The molecule has 0 amide bonds. The maximum atomic E-state index is 4.37. The number of nitrogens with one attached hydrogen (secondary N) is 1. The van der Waals surface area contributed by atoms with Gasteiger partial charge < -0.3 is 10.2 Å². The molecule has 1 aliphatic heterocycles. The van der Waals surface area contributed by atoms with Crippen molar-refractivity contribution in [2.75, 3.05) is 25.0 Å². The smallest absolute Gasteiger partial charge is 0.198 e. The van der Waals surface area contributed by atoms with Crippen molar-refractivity contribution in [3.05, 3.63) is 29.8 Å². The third kappa shape index (κ3) is 2.60. The number of nitrogens with zero attached hydrogens (tertiary/aromatic N) is 2. The highest BCUT2D eigenvalue weighted by molar-refractivity contribution is 5.97. The van der Waals surface area contributed by atoms with Crippen molar-refractivity contribution in [1.82, 2.24) is 5.32 Å². The van der Waals surface area contributed by atoms with E-state index in [0.717, 1.165) is 25.5 Å². The molecule has 0 radical (unpaired) electrons. The summed E-state index contributed by atoms with van der Waals surface area (Å²) in [6, 6.07) is 8.58. The Hall–Kier alpha value is -1.51. The first kappa shape index (κ1) is 12.0. The Morgan fingerprint density at radius 2 is 2.24 bits per heavy atom. The number of unbranched alkanes of at least 4 members (excludes halogenated alkanes) is 1. The number of para-hydroxylation sites is 1. The standard InChI is InChI=1S/C14H21N3/c1-3-4-10-16-14(15-2)17-11-9-12-7-5-6-8-13(12)17/h5-8H,3-4,9-11H2,1-2H3,(H,15,16). The third-order valence-electron chi connectivity index (χ3n) is 3.17. The zero-order valence-corrected chi connectivity index (χ0v) is 10.7. The minimum Gasteiger partial charge on any atom is -0.356 e. The van der Waals surface area contributed by atoms with Gasteiger partial charge in [0, 0.05) is 25.8 Å². The number of hydrogen-bond acceptors (Lipinski definition) is 1. The molecule has 1 aromatic carbocycles. The summed E-state index contributed by atoms with van der Waals surface area (Å²) in [5.41, 5.74) is 2.73. The third-order valence-corrected chi connectivity index (χ3v) is 3.17. The molecule has 0 spiro atoms. The molecule has 0 bridgehead atoms. The summed E-state index contributed by atoms with van der Waals surface area (Å²) in [5, 5.41) is 3.43. The lowest BCUT2D eigenvalue weighted by Crippen LogP contribution is -2.40. The lowest BCUT2D eigenvalue weighted by atomic mass is 10.2. The number of benzene rings is 1. The highest BCUT2D eigenvalue weighted by atomic mass is 15.3. The van der Waals surface area contributed by atoms with E-state index < -0.39 is 0 Å². The monoisotopic (exact) mass is 231 g/mol. The van der Waals surface area contributed by atoms with Gasteiger partial charge in [0.15, 0.2) is 5.96 Å². The van der Waals surface area contributed by atoms with Crippen LogP contribution in [0.4, 0.5) is 5.69 Å². The Labute approximate surface area is 104 Å². The van der Waals surface area contributed by atoms with Gasteiger partial charge in [-0.05, 0) is 24.5 Å². The Balaban J connectivity index is 2.07. The Kier molecular flexibility index (Phi) is 4.02. The lowest BCUT2D eigenvalue weighted by molar-refractivity contribution is 0.744. The number of hydrogen-bond donors (Lipinski definition) is 1. The molecule has 0 aliphatic carbocycles. The first-order valence-electron chi connectivity index (χ1n) is 6.43. The van der Waals surface area contributed by atoms with E-state index in [1.807, 2.05) is 7.05 Å². The van der Waals surface area contributed by atoms with E-state index in [9.17, 15) is 0 Å². The van der Waals surface area contributed by atoms with Crippen LogP contribution in [0, 0.1) is 0 Å². The minimum absolute atomic E-state index is 1.00. The van der Waals surface area contributed by atoms with Crippen LogP contribution in [0.25, 0.3) is 0 Å². The largest absolute Gasteiger partial charge is 0.356 e. The van der Waals surface area contributed by atoms with Gasteiger partial charge >= 0.3 is 0 Å². The molecule has 1 heterocycles. The quantitative estimate of drug-likeness (QED) is 0.491. The summed E-state index contributed by atoms with van der Waals surface area (Å²) in [6.07, 6.45) is 3.51. The van der Waals surface area contributed by atoms with Crippen LogP contribution in [-0.2, 0) is 6.42 Å². The molecule has 0 saturated heterocycles. The molecule has 1 N–H and O–H groups in total. The maximum Gasteiger partial charge on any atom is 0.198 e. The van der Waals surface area contributed by atoms with Gasteiger partial charge in [-0.3, -0.25) is 4.99 Å². The summed E-state index contributed by atoms with van der Waals surface area (Å²) in [7, 11) is 1.86. The minimum atomic E-state index is 1.00. The van der Waals surface area contributed by atoms with Crippen molar-refractivity contribution in [2.24, 2.45) is 4.99 Å². The second-order valence-electron chi connectivity index (χ2n) is 4.36. The average molecular weight is 231 g/mol. The van der Waals surface area contributed by atoms with E-state index in [-0.39, 0.29) is 0 Å². The highest BCUT2D eigenvalue weighted by Gasteiger charge is 2.21. The summed E-state index contributed by atoms with van der Waals surface area (Å²) in [4.78, 5) is 6.65. The van der Waals surface area contributed by atoms with Crippen LogP contribution in [0.5, 0.6) is 0 Å². The molecule has 0 unspecified atom stereocenters. The van der Waals surface area contributed by atoms with E-state index in [1.165, 1.54) is 24.1 Å². The van der Waals surface area contributed by atoms with Crippen LogP contribution < -0.4 is 10.2 Å². The predicted octanol–water partition coefficient (Wildman–Crippen LogP) is 2.42. The molecule has 2 rings (SSSR count). The maximum absolute atomic E-state index is 4.37. The summed E-state index contributed by atoms with van der Waals surface area (Å²) in [6.45, 7) is 4.24. The molecule has 0 fully saturated rings. The zero-order valence-electron chi connectivity index (χ0n) is 10.7. The van der Waals surface area contributed by atoms with Crippen molar-refractivity contribution in [2.45, 2.75) is 26.2 Å². The van der Waals surface area contributed by atoms with Crippen molar-refractivity contribution >= 4 is 11.6 Å². The summed E-state index contributed by atoms with van der Waals surface area (Å²) >= 11 is 0. The van der Waals surface area contributed by atoms with Gasteiger partial charge in [-0.1, -0.05) is 31.5 Å². The molecule has 17 heavy (non-hydrogen) atoms. The molecular weight excluding hydrogens is 210 g/mol. The second-order valence-corrected chi connectivity index (χ2v) is 4.36. The van der Waals surface area contributed by atoms with E-state index in [4.69, 9.17) is 0 Å². The molecule has 3 heteroatoms. The molecule has 0 aromatic heterocycles. The van der Waals surface area contributed by atoms with Gasteiger partial charge in [0.1, 0.15) is 0 Å². The Bertz CT molecular complexity index is 398. The normalized spacial score (nSPS) is 14.9. The van der Waals surface area contributed by atoms with Crippen molar-refractivity contribution in [3.8, 4) is 0 Å². The second kappa shape index (κ2) is 5.71. The van der Waals surface area contributed by atoms with Crippen LogP contribution in [0.15, 0.2) is 29.3 Å². The number of fused-ring (bicyclic) bond motifs is 1. The first-order valence-corrected chi connectivity index (χ1v) is 6.43. The number of aliphatic imine (C=N–C) groups is 1. The molecule has 1 aromatic rings. The van der Waals surface area contributed by atoms with Crippen LogP contribution in [-0.4, -0.2) is 26.1 Å². The molecular formula is C14H21N3. The topological polar surface area (TPSA) is 27.6 Å². The zero-order chi connectivity index (χ0) is 12.1. The fourth-order valence-corrected chi connectivity index (χ4v) is 2.23. The van der Waals surface area contributed by atoms with Gasteiger partial charge in [0.25, 0.3) is 0 Å². The van der Waals surface area contributed by atoms with E-state index in [1.54, 1.807) is 0 Å². The van der Waals surface area contributed by atoms with Crippen LogP contribution in [0.1, 0.15) is 25.3 Å². The Morgan fingerprint density at radius 3 is 3.00 bits per heavy atom. The molecule has 0 atom stereocenters. The van der Waals surface area contributed by atoms with E-state index in [2.05, 4.69) is 46.4 Å². The summed E-state index contributed by atoms with van der Waals surface area (Å²) in [5.74, 6) is 1.00. The summed E-state index contributed by atoms with van der Waals surface area (Å²) < 4.78 is 0. The molecule has 1 aliphatic rings. The fourth-order valence-electron chi connectivity index (χ4n) is 2.23. The van der Waals surface area contributed by atoms with Gasteiger partial charge in [0.2, 0.25) is 0 Å². The van der Waals surface area contributed by atoms with E-state index in [0.29, 0.717) is 0 Å². The van der Waals surface area contributed by atoms with Gasteiger partial charge in [0.05, 0.1) is 0 Å². The number of guanidine groups is 1. The van der Waals surface area contributed by atoms with Gasteiger partial charge in [-0.2, -0.15) is 0 Å². The van der Waals surface area contributed by atoms with Crippen molar-refractivity contribution < 1.29 is 0 Å². The highest BCUT2D eigenvalue weighted by Crippen LogP contribution is 2.27.